The second-order valence-electron chi connectivity index (χ2n) is 8.53. The molecule has 1 saturated heterocycles. The molecule has 1 aromatic carbocycles. The summed E-state index contributed by atoms with van der Waals surface area (Å²) in [5.74, 6) is -0.233. The second kappa shape index (κ2) is 7.06. The van der Waals surface area contributed by atoms with E-state index in [0.717, 1.165) is 17.5 Å². The highest BCUT2D eigenvalue weighted by molar-refractivity contribution is 6.03. The Hall–Kier alpha value is -3.09. The van der Waals surface area contributed by atoms with Crippen molar-refractivity contribution in [3.8, 4) is 0 Å². The molecule has 0 atom stereocenters. The summed E-state index contributed by atoms with van der Waals surface area (Å²) in [7, 11) is 0. The number of nitrogens with one attached hydrogen (secondary N) is 1. The highest BCUT2D eigenvalue weighted by Gasteiger charge is 2.34. The Labute approximate surface area is 169 Å². The van der Waals surface area contributed by atoms with Crippen molar-refractivity contribution in [2.75, 3.05) is 13.1 Å². The first-order valence-corrected chi connectivity index (χ1v) is 9.81. The average Bonchev–Trinajstić information content (AvgIpc) is 2.67. The van der Waals surface area contributed by atoms with Gasteiger partial charge in [0.25, 0.3) is 11.8 Å². The van der Waals surface area contributed by atoms with E-state index in [-0.39, 0.29) is 29.1 Å². The zero-order chi connectivity index (χ0) is 20.8. The lowest BCUT2D eigenvalue weighted by atomic mass is 9.72. The maximum absolute atomic E-state index is 12.7. The predicted octanol–water partition coefficient (Wildman–Crippen LogP) is 2.29. The molecular weight excluding hydrogens is 368 g/mol. The van der Waals surface area contributed by atoms with Crippen LogP contribution in [0.2, 0.25) is 0 Å². The molecular formula is C22H24N4O3. The SMILES string of the molecule is Cc1cnncc1C(=O)N1CC(NC(=O)c2ccc3c(c2)C(=O)CCC3(C)C)C1. The topological polar surface area (TPSA) is 92.3 Å². The van der Waals surface area contributed by atoms with Crippen molar-refractivity contribution in [3.05, 3.63) is 58.4 Å². The molecule has 0 radical (unpaired) electrons. The van der Waals surface area contributed by atoms with Gasteiger partial charge in [0, 0.05) is 30.6 Å². The molecule has 1 aliphatic heterocycles. The number of amides is 2. The van der Waals surface area contributed by atoms with Crippen molar-refractivity contribution >= 4 is 17.6 Å². The number of carbonyl (C=O) groups is 3. The van der Waals surface area contributed by atoms with E-state index in [9.17, 15) is 14.4 Å². The maximum atomic E-state index is 12.7. The van der Waals surface area contributed by atoms with E-state index >= 15 is 0 Å². The van der Waals surface area contributed by atoms with Gasteiger partial charge in [-0.25, -0.2) is 0 Å². The molecule has 29 heavy (non-hydrogen) atoms. The fourth-order valence-electron chi connectivity index (χ4n) is 3.98. The van der Waals surface area contributed by atoms with Gasteiger partial charge in [-0.3, -0.25) is 14.4 Å². The number of aryl methyl sites for hydroxylation is 1. The van der Waals surface area contributed by atoms with Gasteiger partial charge in [-0.2, -0.15) is 10.2 Å². The number of aromatic nitrogens is 2. The molecule has 1 aromatic heterocycles. The maximum Gasteiger partial charge on any atom is 0.255 e. The molecule has 7 heteroatoms. The van der Waals surface area contributed by atoms with Crippen LogP contribution >= 0.6 is 0 Å². The summed E-state index contributed by atoms with van der Waals surface area (Å²) < 4.78 is 0. The van der Waals surface area contributed by atoms with Gasteiger partial charge >= 0.3 is 0 Å². The van der Waals surface area contributed by atoms with Crippen LogP contribution in [0.25, 0.3) is 0 Å². The monoisotopic (exact) mass is 392 g/mol. The van der Waals surface area contributed by atoms with Crippen LogP contribution in [-0.2, 0) is 5.41 Å². The number of fused-ring (bicyclic) bond motifs is 1. The molecule has 0 saturated carbocycles. The number of hydrogen-bond acceptors (Lipinski definition) is 5. The van der Waals surface area contributed by atoms with Crippen molar-refractivity contribution < 1.29 is 14.4 Å². The van der Waals surface area contributed by atoms with Crippen LogP contribution in [0.15, 0.2) is 30.6 Å². The minimum atomic E-state index is -0.220. The van der Waals surface area contributed by atoms with Crippen LogP contribution in [0.5, 0.6) is 0 Å². The average molecular weight is 392 g/mol. The summed E-state index contributed by atoms with van der Waals surface area (Å²) in [6, 6.07) is 5.28. The zero-order valence-electron chi connectivity index (χ0n) is 16.9. The number of ketones is 1. The van der Waals surface area contributed by atoms with Crippen molar-refractivity contribution in [2.45, 2.75) is 45.1 Å². The lowest BCUT2D eigenvalue weighted by molar-refractivity contribution is 0.0541. The van der Waals surface area contributed by atoms with Crippen molar-refractivity contribution in [2.24, 2.45) is 0 Å². The first-order valence-electron chi connectivity index (χ1n) is 9.81. The third kappa shape index (κ3) is 3.52. The Morgan fingerprint density at radius 1 is 1.17 bits per heavy atom. The van der Waals surface area contributed by atoms with Crippen LogP contribution in [0.1, 0.15) is 68.9 Å². The highest BCUT2D eigenvalue weighted by atomic mass is 16.2. The molecule has 0 spiro atoms. The smallest absolute Gasteiger partial charge is 0.255 e. The van der Waals surface area contributed by atoms with Gasteiger partial charge in [-0.05, 0) is 42.0 Å². The summed E-state index contributed by atoms with van der Waals surface area (Å²) in [5.41, 5.74) is 3.38. The minimum Gasteiger partial charge on any atom is -0.346 e. The molecule has 7 nitrogen and oxygen atoms in total. The molecule has 2 aliphatic rings. The Bertz CT molecular complexity index is 1010. The standard InChI is InChI=1S/C22H24N4O3/c1-13-9-23-24-10-17(13)21(29)26-11-15(12-26)25-20(28)14-4-5-18-16(8-14)19(27)6-7-22(18,2)3/h4-5,8-10,15H,6-7,11-12H2,1-3H3,(H,25,28). The zero-order valence-corrected chi connectivity index (χ0v) is 16.9. The predicted molar refractivity (Wildman–Crippen MR) is 107 cm³/mol. The van der Waals surface area contributed by atoms with Gasteiger partial charge < -0.3 is 10.2 Å². The normalized spacial score (nSPS) is 18.0. The summed E-state index contributed by atoms with van der Waals surface area (Å²) in [5, 5.41) is 10.5. The quantitative estimate of drug-likeness (QED) is 0.865. The number of nitrogens with zero attached hydrogens (tertiary/aromatic N) is 3. The first-order chi connectivity index (χ1) is 13.8. The van der Waals surface area contributed by atoms with Crippen LogP contribution in [0.3, 0.4) is 0 Å². The van der Waals surface area contributed by atoms with E-state index in [4.69, 9.17) is 0 Å². The van der Waals surface area contributed by atoms with Gasteiger partial charge in [-0.15, -0.1) is 0 Å². The number of carbonyl (C=O) groups excluding carboxylic acids is 3. The second-order valence-corrected chi connectivity index (χ2v) is 8.53. The van der Waals surface area contributed by atoms with E-state index in [1.807, 2.05) is 13.0 Å². The van der Waals surface area contributed by atoms with Crippen molar-refractivity contribution in [1.82, 2.24) is 20.4 Å². The molecule has 1 aliphatic carbocycles. The third-order valence-corrected chi connectivity index (χ3v) is 5.95. The van der Waals surface area contributed by atoms with Gasteiger partial charge in [0.05, 0.1) is 24.0 Å². The van der Waals surface area contributed by atoms with Crippen molar-refractivity contribution in [1.29, 1.82) is 0 Å². The van der Waals surface area contributed by atoms with E-state index in [1.54, 1.807) is 23.2 Å². The number of benzene rings is 1. The van der Waals surface area contributed by atoms with Gasteiger partial charge in [-0.1, -0.05) is 19.9 Å². The fraction of sp³-hybridized carbons (Fsp3) is 0.409. The summed E-state index contributed by atoms with van der Waals surface area (Å²) >= 11 is 0. The number of Topliss-reactive ketones (excluding diaryl/α,β-unsaturated/α-hetero) is 1. The van der Waals surface area contributed by atoms with Crippen LogP contribution in [-0.4, -0.2) is 51.8 Å². The molecule has 2 amide bonds. The van der Waals surface area contributed by atoms with Gasteiger partial charge in [0.2, 0.25) is 0 Å². The molecule has 0 bridgehead atoms. The molecule has 2 heterocycles. The van der Waals surface area contributed by atoms with Gasteiger partial charge in [0.15, 0.2) is 5.78 Å². The van der Waals surface area contributed by atoms with E-state index in [2.05, 4.69) is 29.4 Å². The summed E-state index contributed by atoms with van der Waals surface area (Å²) in [4.78, 5) is 39.2. The first kappa shape index (κ1) is 19.2. The lowest BCUT2D eigenvalue weighted by Gasteiger charge is -2.39. The molecule has 1 fully saturated rings. The largest absolute Gasteiger partial charge is 0.346 e. The van der Waals surface area contributed by atoms with E-state index < -0.39 is 0 Å². The van der Waals surface area contributed by atoms with Crippen LogP contribution in [0.4, 0.5) is 0 Å². The lowest BCUT2D eigenvalue weighted by Crippen LogP contribution is -2.61. The third-order valence-electron chi connectivity index (χ3n) is 5.95. The summed E-state index contributed by atoms with van der Waals surface area (Å²) in [6.45, 7) is 6.96. The molecule has 150 valence electrons. The van der Waals surface area contributed by atoms with Crippen LogP contribution < -0.4 is 5.32 Å². The van der Waals surface area contributed by atoms with Crippen LogP contribution in [0, 0.1) is 6.92 Å². The highest BCUT2D eigenvalue weighted by Crippen LogP contribution is 2.37. The number of hydrogen-bond donors (Lipinski definition) is 1. The summed E-state index contributed by atoms with van der Waals surface area (Å²) in [6.07, 6.45) is 4.36. The Morgan fingerprint density at radius 2 is 1.90 bits per heavy atom. The number of likely N-dealkylation sites (tertiary alicyclic amines) is 1. The minimum absolute atomic E-state index is 0.0625. The van der Waals surface area contributed by atoms with E-state index in [1.165, 1.54) is 6.20 Å². The molecule has 2 aromatic rings. The van der Waals surface area contributed by atoms with Gasteiger partial charge in [0.1, 0.15) is 0 Å². The Morgan fingerprint density at radius 3 is 2.62 bits per heavy atom. The molecule has 1 N–H and O–H groups in total. The number of rotatable bonds is 3. The van der Waals surface area contributed by atoms with Crippen molar-refractivity contribution in [3.63, 3.8) is 0 Å². The Balaban J connectivity index is 1.40. The van der Waals surface area contributed by atoms with E-state index in [0.29, 0.717) is 36.2 Å². The fourth-order valence-corrected chi connectivity index (χ4v) is 3.98. The molecule has 4 rings (SSSR count). The Kier molecular flexibility index (Phi) is 4.68. The molecule has 0 unspecified atom stereocenters.